The van der Waals surface area contributed by atoms with Crippen LogP contribution in [-0.2, 0) is 30.7 Å². The number of aryl methyl sites for hydroxylation is 2. The fourth-order valence-electron chi connectivity index (χ4n) is 1.82. The van der Waals surface area contributed by atoms with E-state index in [1.165, 1.54) is 0 Å². The van der Waals surface area contributed by atoms with E-state index in [-0.39, 0.29) is 4.90 Å². The quantitative estimate of drug-likeness (QED) is 0.821. The Morgan fingerprint density at radius 1 is 1.35 bits per heavy atom. The average Bonchev–Trinajstić information content (AvgIpc) is 2.93. The molecule has 0 aromatic carbocycles. The van der Waals surface area contributed by atoms with Crippen molar-refractivity contribution in [2.45, 2.75) is 18.4 Å². The summed E-state index contributed by atoms with van der Waals surface area (Å²) in [6.45, 7) is 3.47. The molecule has 0 unspecified atom stereocenters. The summed E-state index contributed by atoms with van der Waals surface area (Å²) in [7, 11) is -0.0443. The normalized spacial score (nSPS) is 11.8. The van der Waals surface area contributed by atoms with Crippen molar-refractivity contribution in [2.24, 2.45) is 14.1 Å². The fourth-order valence-corrected chi connectivity index (χ4v) is 2.91. The predicted molar refractivity (Wildman–Crippen MR) is 76.8 cm³/mol. The van der Waals surface area contributed by atoms with Crippen LogP contribution in [0.15, 0.2) is 29.4 Å². The van der Waals surface area contributed by atoms with Gasteiger partial charge in [0.15, 0.2) is 5.82 Å². The number of nitrogens with one attached hydrogen (secondary N) is 2. The van der Waals surface area contributed by atoms with Gasteiger partial charge in [-0.1, -0.05) is 6.92 Å². The van der Waals surface area contributed by atoms with Crippen molar-refractivity contribution < 1.29 is 8.42 Å². The van der Waals surface area contributed by atoms with Gasteiger partial charge in [0.1, 0.15) is 4.90 Å². The molecule has 2 heterocycles. The summed E-state index contributed by atoms with van der Waals surface area (Å²) < 4.78 is 30.3. The van der Waals surface area contributed by atoms with Crippen molar-refractivity contribution >= 4 is 15.8 Å². The van der Waals surface area contributed by atoms with E-state index >= 15 is 0 Å². The summed E-state index contributed by atoms with van der Waals surface area (Å²) in [6, 6.07) is 3.27. The monoisotopic (exact) mass is 297 g/mol. The van der Waals surface area contributed by atoms with Crippen molar-refractivity contribution in [3.05, 3.63) is 30.2 Å². The van der Waals surface area contributed by atoms with Gasteiger partial charge in [-0.25, -0.2) is 8.42 Å². The van der Waals surface area contributed by atoms with Crippen LogP contribution in [0, 0.1) is 0 Å². The standard InChI is InChI=1S/C12H19N5O2S/c1-4-13-8-10-7-11(9-16(10)2)20(18,19)15-12-5-6-17(3)14-12/h5-7,9,13H,4,8H2,1-3H3,(H,14,15). The summed E-state index contributed by atoms with van der Waals surface area (Å²) in [5.74, 6) is 0.310. The molecule has 0 saturated heterocycles. The first kappa shape index (κ1) is 14.6. The Morgan fingerprint density at radius 2 is 2.10 bits per heavy atom. The van der Waals surface area contributed by atoms with Crippen LogP contribution >= 0.6 is 0 Å². The van der Waals surface area contributed by atoms with Gasteiger partial charge in [-0.2, -0.15) is 5.10 Å². The lowest BCUT2D eigenvalue weighted by atomic mass is 10.4. The Balaban J connectivity index is 2.21. The van der Waals surface area contributed by atoms with Gasteiger partial charge in [0, 0.05) is 44.8 Å². The van der Waals surface area contributed by atoms with E-state index in [0.717, 1.165) is 12.2 Å². The second-order valence-electron chi connectivity index (χ2n) is 4.54. The zero-order chi connectivity index (χ0) is 14.8. The van der Waals surface area contributed by atoms with Gasteiger partial charge >= 0.3 is 0 Å². The summed E-state index contributed by atoms with van der Waals surface area (Å²) in [6.07, 6.45) is 3.28. The van der Waals surface area contributed by atoms with Crippen LogP contribution < -0.4 is 10.0 Å². The number of hydrogen-bond acceptors (Lipinski definition) is 4. The molecule has 2 aromatic heterocycles. The van der Waals surface area contributed by atoms with E-state index in [2.05, 4.69) is 15.1 Å². The minimum atomic E-state index is -3.60. The molecule has 0 atom stereocenters. The smallest absolute Gasteiger partial charge is 0.264 e. The van der Waals surface area contributed by atoms with E-state index in [9.17, 15) is 8.42 Å². The van der Waals surface area contributed by atoms with E-state index in [0.29, 0.717) is 12.4 Å². The first-order valence-electron chi connectivity index (χ1n) is 6.31. The molecule has 2 aromatic rings. The van der Waals surface area contributed by atoms with Crippen molar-refractivity contribution in [3.63, 3.8) is 0 Å². The molecule has 0 fully saturated rings. The number of anilines is 1. The Bertz CT molecular complexity index is 687. The first-order valence-corrected chi connectivity index (χ1v) is 7.79. The van der Waals surface area contributed by atoms with E-state index < -0.39 is 10.0 Å². The van der Waals surface area contributed by atoms with Crippen molar-refractivity contribution in [1.29, 1.82) is 0 Å². The molecule has 7 nitrogen and oxygen atoms in total. The van der Waals surface area contributed by atoms with Crippen LogP contribution in [0.25, 0.3) is 0 Å². The van der Waals surface area contributed by atoms with Crippen molar-refractivity contribution in [3.8, 4) is 0 Å². The van der Waals surface area contributed by atoms with Gasteiger partial charge in [-0.15, -0.1) is 0 Å². The number of rotatable bonds is 6. The second-order valence-corrected chi connectivity index (χ2v) is 6.22. The van der Waals surface area contributed by atoms with Crippen LogP contribution in [0.2, 0.25) is 0 Å². The largest absolute Gasteiger partial charge is 0.352 e. The molecule has 0 saturated carbocycles. The predicted octanol–water partition coefficient (Wildman–Crippen LogP) is 0.669. The first-order chi connectivity index (χ1) is 9.42. The summed E-state index contributed by atoms with van der Waals surface area (Å²) in [5.41, 5.74) is 0.910. The van der Waals surface area contributed by atoms with Gasteiger partial charge in [0.05, 0.1) is 0 Å². The zero-order valence-corrected chi connectivity index (χ0v) is 12.6. The average molecular weight is 297 g/mol. The van der Waals surface area contributed by atoms with Gasteiger partial charge in [-0.3, -0.25) is 9.40 Å². The molecule has 2 N–H and O–H groups in total. The van der Waals surface area contributed by atoms with Gasteiger partial charge in [-0.05, 0) is 12.6 Å². The Labute approximate surface area is 118 Å². The van der Waals surface area contributed by atoms with Crippen molar-refractivity contribution in [1.82, 2.24) is 19.7 Å². The summed E-state index contributed by atoms with van der Waals surface area (Å²) in [4.78, 5) is 0.235. The lowest BCUT2D eigenvalue weighted by molar-refractivity contribution is 0.600. The second kappa shape index (κ2) is 5.68. The summed E-state index contributed by atoms with van der Waals surface area (Å²) in [5, 5.41) is 7.18. The molecule has 0 aliphatic rings. The highest BCUT2D eigenvalue weighted by atomic mass is 32.2. The Kier molecular flexibility index (Phi) is 4.15. The maximum absolute atomic E-state index is 12.3. The van der Waals surface area contributed by atoms with Crippen LogP contribution in [-0.4, -0.2) is 29.3 Å². The van der Waals surface area contributed by atoms with Gasteiger partial charge in [0.2, 0.25) is 0 Å². The molecule has 0 bridgehead atoms. The number of hydrogen-bond donors (Lipinski definition) is 2. The van der Waals surface area contributed by atoms with Crippen LogP contribution in [0.4, 0.5) is 5.82 Å². The number of sulfonamides is 1. The molecule has 0 aliphatic heterocycles. The molecule has 110 valence electrons. The lowest BCUT2D eigenvalue weighted by Gasteiger charge is -2.02. The van der Waals surface area contributed by atoms with Gasteiger partial charge < -0.3 is 9.88 Å². The fraction of sp³-hybridized carbons (Fsp3) is 0.417. The molecule has 0 aliphatic carbocycles. The van der Waals surface area contributed by atoms with E-state index in [4.69, 9.17) is 0 Å². The van der Waals surface area contributed by atoms with Crippen LogP contribution in [0.3, 0.4) is 0 Å². The SMILES string of the molecule is CCNCc1cc(S(=O)(=O)Nc2ccn(C)n2)cn1C. The Morgan fingerprint density at radius 3 is 2.70 bits per heavy atom. The van der Waals surface area contributed by atoms with Gasteiger partial charge in [0.25, 0.3) is 10.0 Å². The third-order valence-electron chi connectivity index (χ3n) is 2.90. The molecule has 2 rings (SSSR count). The van der Waals surface area contributed by atoms with Crippen molar-refractivity contribution in [2.75, 3.05) is 11.3 Å². The maximum atomic E-state index is 12.3. The molecule has 0 spiro atoms. The molecular weight excluding hydrogens is 278 g/mol. The maximum Gasteiger partial charge on any atom is 0.264 e. The minimum absolute atomic E-state index is 0.235. The highest BCUT2D eigenvalue weighted by Crippen LogP contribution is 2.17. The third-order valence-corrected chi connectivity index (χ3v) is 4.22. The van der Waals surface area contributed by atoms with E-state index in [1.54, 1.807) is 40.8 Å². The van der Waals surface area contributed by atoms with Crippen LogP contribution in [0.5, 0.6) is 0 Å². The Hall–Kier alpha value is -1.80. The molecule has 0 radical (unpaired) electrons. The topological polar surface area (TPSA) is 81.0 Å². The molecule has 0 amide bonds. The lowest BCUT2D eigenvalue weighted by Crippen LogP contribution is -2.14. The minimum Gasteiger partial charge on any atom is -0.352 e. The van der Waals surface area contributed by atoms with Crippen LogP contribution in [0.1, 0.15) is 12.6 Å². The highest BCUT2D eigenvalue weighted by Gasteiger charge is 2.18. The number of aromatic nitrogens is 3. The van der Waals surface area contributed by atoms with E-state index in [1.807, 2.05) is 14.0 Å². The summed E-state index contributed by atoms with van der Waals surface area (Å²) >= 11 is 0. The molecule has 20 heavy (non-hydrogen) atoms. The highest BCUT2D eigenvalue weighted by molar-refractivity contribution is 7.92. The third kappa shape index (κ3) is 3.20. The zero-order valence-electron chi connectivity index (χ0n) is 11.8. The molecular formula is C12H19N5O2S. The number of nitrogens with zero attached hydrogens (tertiary/aromatic N) is 3. The molecule has 8 heteroatoms.